The monoisotopic (exact) mass is 369 g/mol. The summed E-state index contributed by atoms with van der Waals surface area (Å²) in [6.45, 7) is 0. The Morgan fingerprint density at radius 2 is 1.85 bits per heavy atom. The van der Waals surface area contributed by atoms with Crippen molar-refractivity contribution in [1.29, 1.82) is 0 Å². The summed E-state index contributed by atoms with van der Waals surface area (Å²) in [6, 6.07) is 12.2. The Labute approximate surface area is 154 Å². The van der Waals surface area contributed by atoms with E-state index >= 15 is 0 Å². The van der Waals surface area contributed by atoms with Gasteiger partial charge in [-0.3, -0.25) is 4.79 Å². The second kappa shape index (κ2) is 8.22. The Hall–Kier alpha value is -3.55. The van der Waals surface area contributed by atoms with Crippen LogP contribution < -0.4 is 5.32 Å². The number of esters is 1. The van der Waals surface area contributed by atoms with Crippen LogP contribution in [-0.4, -0.2) is 29.2 Å². The Morgan fingerprint density at radius 3 is 2.59 bits per heavy atom. The molecule has 1 aromatic heterocycles. The van der Waals surface area contributed by atoms with E-state index in [0.717, 1.165) is 0 Å². The van der Waals surface area contributed by atoms with Gasteiger partial charge in [-0.05, 0) is 36.4 Å². The Kier molecular flexibility index (Phi) is 5.55. The van der Waals surface area contributed by atoms with Gasteiger partial charge in [0.1, 0.15) is 5.82 Å². The molecule has 0 atom stereocenters. The van der Waals surface area contributed by atoms with Gasteiger partial charge in [0.15, 0.2) is 0 Å². The van der Waals surface area contributed by atoms with Gasteiger partial charge in [-0.25, -0.2) is 9.18 Å². The van der Waals surface area contributed by atoms with E-state index in [4.69, 9.17) is 9.15 Å². The quantitative estimate of drug-likeness (QED) is 0.671. The van der Waals surface area contributed by atoms with Gasteiger partial charge < -0.3 is 14.5 Å². The zero-order chi connectivity index (χ0) is 19.2. The number of hydrogen-bond acceptors (Lipinski definition) is 6. The highest BCUT2D eigenvalue weighted by molar-refractivity contribution is 6.01. The second-order valence-corrected chi connectivity index (χ2v) is 5.59. The minimum atomic E-state index is -0.535. The Bertz CT molecular complexity index is 954. The van der Waals surface area contributed by atoms with Crippen molar-refractivity contribution in [1.82, 2.24) is 10.2 Å². The van der Waals surface area contributed by atoms with Gasteiger partial charge in [0.25, 0.3) is 0 Å². The molecule has 0 saturated carbocycles. The first-order valence-corrected chi connectivity index (χ1v) is 8.12. The normalized spacial score (nSPS) is 10.4. The predicted octanol–water partition coefficient (Wildman–Crippen LogP) is 3.23. The number of methoxy groups -OCH3 is 1. The number of aromatic nitrogens is 2. The molecule has 1 N–H and O–H groups in total. The van der Waals surface area contributed by atoms with E-state index in [0.29, 0.717) is 11.3 Å². The number of amides is 1. The first-order chi connectivity index (χ1) is 13.1. The van der Waals surface area contributed by atoms with Crippen molar-refractivity contribution in [2.45, 2.75) is 12.8 Å². The van der Waals surface area contributed by atoms with Crippen molar-refractivity contribution in [3.05, 3.63) is 65.8 Å². The van der Waals surface area contributed by atoms with Crippen molar-refractivity contribution >= 4 is 17.6 Å². The molecule has 138 valence electrons. The Morgan fingerprint density at radius 1 is 1.11 bits per heavy atom. The van der Waals surface area contributed by atoms with Gasteiger partial charge in [-0.2, -0.15) is 0 Å². The standard InChI is InChI=1S/C19H16FN3O4/c1-26-19(25)14-4-2-3-5-15(14)21-16(24)10-11-17-22-23-18(27-17)12-6-8-13(20)9-7-12/h2-9H,10-11H2,1H3,(H,21,24). The van der Waals surface area contributed by atoms with Crippen molar-refractivity contribution in [2.24, 2.45) is 0 Å². The number of aryl methyl sites for hydroxylation is 1. The number of para-hydroxylation sites is 1. The summed E-state index contributed by atoms with van der Waals surface area (Å²) in [5.41, 5.74) is 1.23. The molecular formula is C19H16FN3O4. The van der Waals surface area contributed by atoms with Crippen molar-refractivity contribution < 1.29 is 23.1 Å². The molecule has 7 nitrogen and oxygen atoms in total. The van der Waals surface area contributed by atoms with E-state index in [1.165, 1.54) is 31.4 Å². The van der Waals surface area contributed by atoms with Gasteiger partial charge in [-0.15, -0.1) is 10.2 Å². The van der Waals surface area contributed by atoms with Gasteiger partial charge >= 0.3 is 5.97 Å². The molecular weight excluding hydrogens is 353 g/mol. The number of nitrogens with one attached hydrogen (secondary N) is 1. The Balaban J connectivity index is 1.60. The molecule has 3 rings (SSSR count). The average Bonchev–Trinajstić information content (AvgIpc) is 3.16. The molecule has 0 aliphatic rings. The molecule has 27 heavy (non-hydrogen) atoms. The fraction of sp³-hybridized carbons (Fsp3) is 0.158. The van der Waals surface area contributed by atoms with Crippen molar-refractivity contribution in [3.63, 3.8) is 0 Å². The van der Waals surface area contributed by atoms with E-state index in [-0.39, 0.29) is 41.9 Å². The number of nitrogens with zero attached hydrogens (tertiary/aromatic N) is 2. The molecule has 0 saturated heterocycles. The van der Waals surface area contributed by atoms with Crippen LogP contribution >= 0.6 is 0 Å². The summed E-state index contributed by atoms with van der Waals surface area (Å²) in [4.78, 5) is 23.9. The molecule has 0 radical (unpaired) electrons. The van der Waals surface area contributed by atoms with Crippen LogP contribution in [0.25, 0.3) is 11.5 Å². The summed E-state index contributed by atoms with van der Waals surface area (Å²) in [5, 5.41) is 10.5. The average molecular weight is 369 g/mol. The molecule has 2 aromatic carbocycles. The van der Waals surface area contributed by atoms with Crippen LogP contribution in [0.2, 0.25) is 0 Å². The van der Waals surface area contributed by atoms with Crippen LogP contribution in [0.1, 0.15) is 22.7 Å². The van der Waals surface area contributed by atoms with E-state index in [1.807, 2.05) is 0 Å². The summed E-state index contributed by atoms with van der Waals surface area (Å²) in [5.74, 6) is -0.672. The molecule has 0 unspecified atom stereocenters. The van der Waals surface area contributed by atoms with Gasteiger partial charge in [0.2, 0.25) is 17.7 Å². The maximum absolute atomic E-state index is 13.0. The summed E-state index contributed by atoms with van der Waals surface area (Å²) in [7, 11) is 1.27. The first-order valence-electron chi connectivity index (χ1n) is 8.12. The topological polar surface area (TPSA) is 94.3 Å². The third-order valence-electron chi connectivity index (χ3n) is 3.73. The van der Waals surface area contributed by atoms with E-state index in [1.54, 1.807) is 24.3 Å². The summed E-state index contributed by atoms with van der Waals surface area (Å²) in [6.07, 6.45) is 0.307. The highest BCUT2D eigenvalue weighted by Gasteiger charge is 2.15. The molecule has 1 heterocycles. The number of carbonyl (C=O) groups excluding carboxylic acids is 2. The number of carbonyl (C=O) groups is 2. The van der Waals surface area contributed by atoms with Crippen LogP contribution in [0.5, 0.6) is 0 Å². The molecule has 3 aromatic rings. The molecule has 0 spiro atoms. The summed E-state index contributed by atoms with van der Waals surface area (Å²) < 4.78 is 23.1. The smallest absolute Gasteiger partial charge is 0.339 e. The fourth-order valence-electron chi connectivity index (χ4n) is 2.38. The van der Waals surface area contributed by atoms with Gasteiger partial charge in [0.05, 0.1) is 18.4 Å². The minimum absolute atomic E-state index is 0.0839. The first kappa shape index (κ1) is 18.2. The third kappa shape index (κ3) is 4.55. The highest BCUT2D eigenvalue weighted by atomic mass is 19.1. The van der Waals surface area contributed by atoms with Crippen molar-refractivity contribution in [2.75, 3.05) is 12.4 Å². The predicted molar refractivity (Wildman–Crippen MR) is 94.4 cm³/mol. The zero-order valence-corrected chi connectivity index (χ0v) is 14.4. The molecule has 1 amide bonds. The maximum Gasteiger partial charge on any atom is 0.339 e. The SMILES string of the molecule is COC(=O)c1ccccc1NC(=O)CCc1nnc(-c2ccc(F)cc2)o1. The number of benzene rings is 2. The number of hydrogen-bond donors (Lipinski definition) is 1. The van der Waals surface area contributed by atoms with Crippen LogP contribution in [0.3, 0.4) is 0 Å². The lowest BCUT2D eigenvalue weighted by molar-refractivity contribution is -0.116. The number of halogens is 1. The van der Waals surface area contributed by atoms with E-state index < -0.39 is 5.97 Å². The largest absolute Gasteiger partial charge is 0.465 e. The molecule has 0 aliphatic heterocycles. The number of rotatable bonds is 6. The molecule has 0 fully saturated rings. The van der Waals surface area contributed by atoms with Crippen LogP contribution in [0, 0.1) is 5.82 Å². The fourth-order valence-corrected chi connectivity index (χ4v) is 2.38. The lowest BCUT2D eigenvalue weighted by Gasteiger charge is -2.08. The maximum atomic E-state index is 13.0. The highest BCUT2D eigenvalue weighted by Crippen LogP contribution is 2.19. The lowest BCUT2D eigenvalue weighted by atomic mass is 10.1. The molecule has 0 aliphatic carbocycles. The van der Waals surface area contributed by atoms with E-state index in [9.17, 15) is 14.0 Å². The molecule has 8 heteroatoms. The second-order valence-electron chi connectivity index (χ2n) is 5.59. The van der Waals surface area contributed by atoms with Crippen LogP contribution in [-0.2, 0) is 16.0 Å². The minimum Gasteiger partial charge on any atom is -0.465 e. The van der Waals surface area contributed by atoms with Gasteiger partial charge in [0, 0.05) is 18.4 Å². The third-order valence-corrected chi connectivity index (χ3v) is 3.73. The van der Waals surface area contributed by atoms with Crippen LogP contribution in [0.15, 0.2) is 52.9 Å². The summed E-state index contributed by atoms with van der Waals surface area (Å²) >= 11 is 0. The van der Waals surface area contributed by atoms with E-state index in [2.05, 4.69) is 15.5 Å². The van der Waals surface area contributed by atoms with Crippen LogP contribution in [0.4, 0.5) is 10.1 Å². The zero-order valence-electron chi connectivity index (χ0n) is 14.4. The number of anilines is 1. The van der Waals surface area contributed by atoms with Gasteiger partial charge in [-0.1, -0.05) is 12.1 Å². The number of ether oxygens (including phenoxy) is 1. The molecule has 0 bridgehead atoms. The van der Waals surface area contributed by atoms with Crippen molar-refractivity contribution in [3.8, 4) is 11.5 Å². The lowest BCUT2D eigenvalue weighted by Crippen LogP contribution is -2.15.